The summed E-state index contributed by atoms with van der Waals surface area (Å²) in [5, 5.41) is 0.342. The van der Waals surface area contributed by atoms with Crippen LogP contribution in [0.2, 0.25) is 5.02 Å². The molecule has 1 aromatic rings. The molecule has 110 valence electrons. The Kier molecular flexibility index (Phi) is 5.59. The largest absolute Gasteiger partial charge is 0.459 e. The molecule has 1 rings (SSSR count). The molecule has 20 heavy (non-hydrogen) atoms. The fourth-order valence-corrected chi connectivity index (χ4v) is 2.07. The van der Waals surface area contributed by atoms with Gasteiger partial charge in [-0.2, -0.15) is 0 Å². The van der Waals surface area contributed by atoms with E-state index in [2.05, 4.69) is 15.9 Å². The Morgan fingerprint density at radius 2 is 1.95 bits per heavy atom. The monoisotopic (exact) mass is 361 g/mol. The van der Waals surface area contributed by atoms with Crippen LogP contribution in [0.15, 0.2) is 22.7 Å². The number of carbonyl (C=O) groups excluding carboxylic acids is 2. The fourth-order valence-electron chi connectivity index (χ4n) is 1.51. The van der Waals surface area contributed by atoms with Crippen LogP contribution >= 0.6 is 27.5 Å². The first-order valence-corrected chi connectivity index (χ1v) is 7.19. The molecule has 1 aromatic carbocycles. The first-order valence-electron chi connectivity index (χ1n) is 6.02. The van der Waals surface area contributed by atoms with Crippen molar-refractivity contribution in [3.05, 3.63) is 33.3 Å². The summed E-state index contributed by atoms with van der Waals surface area (Å²) in [6, 6.07) is 4.99. The second kappa shape index (κ2) is 6.59. The van der Waals surface area contributed by atoms with Crippen molar-refractivity contribution >= 4 is 39.4 Å². The Labute approximate surface area is 132 Å². The lowest BCUT2D eigenvalue weighted by molar-refractivity contribution is -0.155. The van der Waals surface area contributed by atoms with Crippen LogP contribution in [-0.4, -0.2) is 36.0 Å². The summed E-state index contributed by atoms with van der Waals surface area (Å²) in [5.74, 6) is -0.790. The summed E-state index contributed by atoms with van der Waals surface area (Å²) in [4.78, 5) is 25.2. The topological polar surface area (TPSA) is 46.6 Å². The number of halogens is 2. The highest BCUT2D eigenvalue weighted by Gasteiger charge is 2.21. The van der Waals surface area contributed by atoms with E-state index in [4.69, 9.17) is 16.3 Å². The normalized spacial score (nSPS) is 11.1. The van der Waals surface area contributed by atoms with Crippen LogP contribution in [0.5, 0.6) is 0 Å². The molecule has 0 heterocycles. The van der Waals surface area contributed by atoms with Gasteiger partial charge in [0.25, 0.3) is 5.91 Å². The lowest BCUT2D eigenvalue weighted by atomic mass is 10.2. The molecule has 0 aliphatic heterocycles. The maximum Gasteiger partial charge on any atom is 0.326 e. The summed E-state index contributed by atoms with van der Waals surface area (Å²) in [6.45, 7) is 5.20. The summed E-state index contributed by atoms with van der Waals surface area (Å²) in [6.07, 6.45) is 0. The van der Waals surface area contributed by atoms with Gasteiger partial charge in [-0.25, -0.2) is 0 Å². The molecule has 0 fully saturated rings. The number of rotatable bonds is 3. The van der Waals surface area contributed by atoms with Gasteiger partial charge in [0.2, 0.25) is 0 Å². The molecular formula is C14H17BrClNO3. The Balaban J connectivity index is 2.77. The number of esters is 1. The number of hydrogen-bond acceptors (Lipinski definition) is 3. The molecule has 0 bridgehead atoms. The van der Waals surface area contributed by atoms with E-state index in [0.29, 0.717) is 10.6 Å². The third kappa shape index (κ3) is 5.13. The van der Waals surface area contributed by atoms with Gasteiger partial charge >= 0.3 is 5.97 Å². The van der Waals surface area contributed by atoms with Gasteiger partial charge in [-0.1, -0.05) is 27.5 Å². The van der Waals surface area contributed by atoms with Gasteiger partial charge in [0.05, 0.1) is 10.6 Å². The minimum Gasteiger partial charge on any atom is -0.459 e. The van der Waals surface area contributed by atoms with Crippen LogP contribution in [0.4, 0.5) is 0 Å². The fraction of sp³-hybridized carbons (Fsp3) is 0.429. The molecule has 0 N–H and O–H groups in total. The van der Waals surface area contributed by atoms with Crippen LogP contribution < -0.4 is 0 Å². The molecule has 0 unspecified atom stereocenters. The van der Waals surface area contributed by atoms with E-state index in [1.165, 1.54) is 11.9 Å². The van der Waals surface area contributed by atoms with Crippen LogP contribution in [-0.2, 0) is 9.53 Å². The van der Waals surface area contributed by atoms with Crippen molar-refractivity contribution in [2.45, 2.75) is 26.4 Å². The van der Waals surface area contributed by atoms with Crippen molar-refractivity contribution in [1.82, 2.24) is 4.90 Å². The number of nitrogens with zero attached hydrogens (tertiary/aromatic N) is 1. The average molecular weight is 363 g/mol. The number of amides is 1. The van der Waals surface area contributed by atoms with Crippen molar-refractivity contribution in [3.8, 4) is 0 Å². The molecular weight excluding hydrogens is 346 g/mol. The van der Waals surface area contributed by atoms with Crippen molar-refractivity contribution < 1.29 is 14.3 Å². The lowest BCUT2D eigenvalue weighted by Gasteiger charge is -2.22. The Morgan fingerprint density at radius 1 is 1.35 bits per heavy atom. The number of hydrogen-bond donors (Lipinski definition) is 0. The van der Waals surface area contributed by atoms with Gasteiger partial charge in [0, 0.05) is 11.5 Å². The predicted octanol–water partition coefficient (Wildman–Crippen LogP) is 3.52. The first kappa shape index (κ1) is 17.0. The van der Waals surface area contributed by atoms with Gasteiger partial charge in [-0.3, -0.25) is 9.59 Å². The highest BCUT2D eigenvalue weighted by molar-refractivity contribution is 9.10. The molecule has 0 aliphatic rings. The first-order chi connectivity index (χ1) is 9.10. The molecule has 0 aromatic heterocycles. The highest BCUT2D eigenvalue weighted by atomic mass is 79.9. The maximum atomic E-state index is 12.2. The van der Waals surface area contributed by atoms with Crippen LogP contribution in [0.25, 0.3) is 0 Å². The molecule has 0 atom stereocenters. The summed E-state index contributed by atoms with van der Waals surface area (Å²) < 4.78 is 5.92. The Hall–Kier alpha value is -1.07. The summed E-state index contributed by atoms with van der Waals surface area (Å²) in [7, 11) is 1.53. The minimum absolute atomic E-state index is 0.126. The quantitative estimate of drug-likeness (QED) is 0.773. The van der Waals surface area contributed by atoms with Gasteiger partial charge in [0.1, 0.15) is 12.1 Å². The van der Waals surface area contributed by atoms with Crippen molar-refractivity contribution in [2.24, 2.45) is 0 Å². The molecule has 0 aliphatic carbocycles. The van der Waals surface area contributed by atoms with Crippen LogP contribution in [0.3, 0.4) is 0 Å². The highest BCUT2D eigenvalue weighted by Crippen LogP contribution is 2.22. The smallest absolute Gasteiger partial charge is 0.326 e. The second-order valence-electron chi connectivity index (χ2n) is 5.37. The Morgan fingerprint density at radius 3 is 2.50 bits per heavy atom. The number of carbonyl (C=O) groups is 2. The van der Waals surface area contributed by atoms with E-state index in [-0.39, 0.29) is 12.5 Å². The van der Waals surface area contributed by atoms with Crippen molar-refractivity contribution in [3.63, 3.8) is 0 Å². The molecule has 0 saturated carbocycles. The SMILES string of the molecule is CN(CC(=O)OC(C)(C)C)C(=O)c1cc(Br)ccc1Cl. The second-order valence-corrected chi connectivity index (χ2v) is 6.69. The third-order valence-electron chi connectivity index (χ3n) is 2.29. The molecule has 1 amide bonds. The van der Waals surface area contributed by atoms with Gasteiger partial charge in [-0.15, -0.1) is 0 Å². The van der Waals surface area contributed by atoms with E-state index < -0.39 is 11.6 Å². The number of benzene rings is 1. The van der Waals surface area contributed by atoms with E-state index in [1.54, 1.807) is 39.0 Å². The summed E-state index contributed by atoms with van der Waals surface area (Å²) in [5.41, 5.74) is -0.235. The van der Waals surface area contributed by atoms with Crippen molar-refractivity contribution in [2.75, 3.05) is 13.6 Å². The third-order valence-corrected chi connectivity index (χ3v) is 3.11. The van der Waals surface area contributed by atoms with E-state index in [1.807, 2.05) is 0 Å². The predicted molar refractivity (Wildman–Crippen MR) is 82.0 cm³/mol. The molecule has 0 saturated heterocycles. The molecule has 4 nitrogen and oxygen atoms in total. The maximum absolute atomic E-state index is 12.2. The van der Waals surface area contributed by atoms with E-state index >= 15 is 0 Å². The van der Waals surface area contributed by atoms with Gasteiger partial charge < -0.3 is 9.64 Å². The molecule has 0 radical (unpaired) electrons. The molecule has 0 spiro atoms. The van der Waals surface area contributed by atoms with E-state index in [0.717, 1.165) is 4.47 Å². The van der Waals surface area contributed by atoms with Gasteiger partial charge in [-0.05, 0) is 39.0 Å². The zero-order valence-electron chi connectivity index (χ0n) is 11.9. The number of likely N-dealkylation sites (N-methyl/N-ethyl adjacent to an activating group) is 1. The standard InChI is InChI=1S/C14H17BrClNO3/c1-14(2,3)20-12(18)8-17(4)13(19)10-7-9(15)5-6-11(10)16/h5-7H,8H2,1-4H3. The molecule has 6 heteroatoms. The van der Waals surface area contributed by atoms with Gasteiger partial charge in [0.15, 0.2) is 0 Å². The summed E-state index contributed by atoms with van der Waals surface area (Å²) >= 11 is 9.28. The van der Waals surface area contributed by atoms with Crippen LogP contribution in [0, 0.1) is 0 Å². The van der Waals surface area contributed by atoms with Crippen LogP contribution in [0.1, 0.15) is 31.1 Å². The average Bonchev–Trinajstić information content (AvgIpc) is 2.28. The Bertz CT molecular complexity index is 526. The zero-order valence-corrected chi connectivity index (χ0v) is 14.2. The zero-order chi connectivity index (χ0) is 15.5. The minimum atomic E-state index is -0.575. The van der Waals surface area contributed by atoms with E-state index in [9.17, 15) is 9.59 Å². The number of ether oxygens (including phenoxy) is 1. The lowest BCUT2D eigenvalue weighted by Crippen LogP contribution is -2.36. The van der Waals surface area contributed by atoms with Crippen molar-refractivity contribution in [1.29, 1.82) is 0 Å².